The minimum Gasteiger partial charge on any atom is -0.497 e. The van der Waals surface area contributed by atoms with Crippen molar-refractivity contribution in [1.29, 1.82) is 0 Å². The third-order valence-corrected chi connectivity index (χ3v) is 5.37. The van der Waals surface area contributed by atoms with Gasteiger partial charge in [0, 0.05) is 12.1 Å². The van der Waals surface area contributed by atoms with Gasteiger partial charge in [-0.3, -0.25) is 0 Å². The van der Waals surface area contributed by atoms with Crippen molar-refractivity contribution in [2.24, 2.45) is 11.8 Å². The number of hydrogen-bond donors (Lipinski definition) is 1. The Morgan fingerprint density at radius 3 is 2.48 bits per heavy atom. The number of nitrogens with one attached hydrogen (secondary N) is 1. The van der Waals surface area contributed by atoms with Crippen molar-refractivity contribution in [3.8, 4) is 5.75 Å². The number of rotatable bonds is 6. The minimum absolute atomic E-state index is 0.485. The third-order valence-electron chi connectivity index (χ3n) is 5.37. The summed E-state index contributed by atoms with van der Waals surface area (Å²) in [6.07, 6.45) is 9.78. The van der Waals surface area contributed by atoms with Crippen LogP contribution in [0.5, 0.6) is 5.75 Å². The Hall–Kier alpha value is -1.02. The molecule has 2 saturated carbocycles. The van der Waals surface area contributed by atoms with E-state index >= 15 is 0 Å². The van der Waals surface area contributed by atoms with Crippen molar-refractivity contribution in [3.63, 3.8) is 0 Å². The molecule has 0 amide bonds. The summed E-state index contributed by atoms with van der Waals surface area (Å²) in [5, 5.41) is 3.93. The molecule has 3 atom stereocenters. The smallest absolute Gasteiger partial charge is 0.118 e. The number of hydrogen-bond acceptors (Lipinski definition) is 2. The summed E-state index contributed by atoms with van der Waals surface area (Å²) in [5.41, 5.74) is 1.40. The summed E-state index contributed by atoms with van der Waals surface area (Å²) in [5.74, 6) is 3.01. The molecule has 0 aromatic heterocycles. The Bertz CT molecular complexity index is 437. The maximum atomic E-state index is 5.26. The fourth-order valence-electron chi connectivity index (χ4n) is 3.95. The van der Waals surface area contributed by atoms with E-state index in [0.717, 1.165) is 30.0 Å². The van der Waals surface area contributed by atoms with Crippen molar-refractivity contribution < 1.29 is 4.74 Å². The Balaban J connectivity index is 1.60. The summed E-state index contributed by atoms with van der Waals surface area (Å²) in [4.78, 5) is 0. The summed E-state index contributed by atoms with van der Waals surface area (Å²) in [6.45, 7) is 2.28. The second-order valence-corrected chi connectivity index (χ2v) is 6.86. The van der Waals surface area contributed by atoms with Gasteiger partial charge in [0.05, 0.1) is 7.11 Å². The van der Waals surface area contributed by atoms with E-state index in [-0.39, 0.29) is 0 Å². The van der Waals surface area contributed by atoms with Gasteiger partial charge in [-0.25, -0.2) is 0 Å². The molecule has 0 bridgehead atoms. The minimum atomic E-state index is 0.485. The number of benzene rings is 1. The molecule has 116 valence electrons. The predicted molar refractivity (Wildman–Crippen MR) is 87.6 cm³/mol. The van der Waals surface area contributed by atoms with Gasteiger partial charge in [0.1, 0.15) is 5.75 Å². The monoisotopic (exact) mass is 287 g/mol. The average molecular weight is 287 g/mol. The Kier molecular flexibility index (Phi) is 4.84. The highest BCUT2D eigenvalue weighted by atomic mass is 16.5. The summed E-state index contributed by atoms with van der Waals surface area (Å²) < 4.78 is 5.26. The predicted octanol–water partition coefficient (Wildman–Crippen LogP) is 4.70. The van der Waals surface area contributed by atoms with E-state index in [4.69, 9.17) is 4.74 Å². The van der Waals surface area contributed by atoms with Crippen LogP contribution in [0.25, 0.3) is 0 Å². The van der Waals surface area contributed by atoms with Crippen LogP contribution in [0.4, 0.5) is 0 Å². The molecule has 3 rings (SSSR count). The van der Waals surface area contributed by atoms with Crippen molar-refractivity contribution in [1.82, 2.24) is 5.32 Å². The SMILES string of the molecule is CCC(NC1CCCC(C2CC2)C1)c1ccc(OC)cc1. The van der Waals surface area contributed by atoms with Crippen molar-refractivity contribution >= 4 is 0 Å². The molecule has 0 aliphatic heterocycles. The zero-order valence-corrected chi connectivity index (χ0v) is 13.5. The molecular weight excluding hydrogens is 258 g/mol. The van der Waals surface area contributed by atoms with Gasteiger partial charge in [0.15, 0.2) is 0 Å². The van der Waals surface area contributed by atoms with Crippen LogP contribution in [-0.2, 0) is 0 Å². The highest BCUT2D eigenvalue weighted by molar-refractivity contribution is 5.29. The van der Waals surface area contributed by atoms with E-state index in [1.807, 2.05) is 0 Å². The van der Waals surface area contributed by atoms with Gasteiger partial charge < -0.3 is 10.1 Å². The van der Waals surface area contributed by atoms with E-state index < -0.39 is 0 Å². The van der Waals surface area contributed by atoms with E-state index in [2.05, 4.69) is 36.5 Å². The molecule has 3 unspecified atom stereocenters. The molecule has 1 N–H and O–H groups in total. The Morgan fingerprint density at radius 1 is 1.10 bits per heavy atom. The lowest BCUT2D eigenvalue weighted by Crippen LogP contribution is -2.37. The van der Waals surface area contributed by atoms with Crippen LogP contribution in [0.15, 0.2) is 24.3 Å². The maximum absolute atomic E-state index is 5.26. The average Bonchev–Trinajstić information content (AvgIpc) is 3.38. The molecule has 0 heterocycles. The molecule has 2 heteroatoms. The first kappa shape index (κ1) is 14.9. The van der Waals surface area contributed by atoms with Crippen molar-refractivity contribution in [3.05, 3.63) is 29.8 Å². The zero-order chi connectivity index (χ0) is 14.7. The lowest BCUT2D eigenvalue weighted by atomic mass is 9.82. The van der Waals surface area contributed by atoms with Crippen LogP contribution >= 0.6 is 0 Å². The lowest BCUT2D eigenvalue weighted by molar-refractivity contribution is 0.244. The van der Waals surface area contributed by atoms with E-state index in [1.54, 1.807) is 7.11 Å². The fourth-order valence-corrected chi connectivity index (χ4v) is 3.95. The van der Waals surface area contributed by atoms with Crippen LogP contribution in [0.3, 0.4) is 0 Å². The first-order chi connectivity index (χ1) is 10.3. The summed E-state index contributed by atoms with van der Waals surface area (Å²) in [7, 11) is 1.73. The van der Waals surface area contributed by atoms with Gasteiger partial charge in [-0.1, -0.05) is 31.9 Å². The lowest BCUT2D eigenvalue weighted by Gasteiger charge is -2.33. The van der Waals surface area contributed by atoms with Crippen LogP contribution in [0.2, 0.25) is 0 Å². The Labute approximate surface area is 129 Å². The van der Waals surface area contributed by atoms with Gasteiger partial charge in [-0.05, 0) is 61.6 Å². The van der Waals surface area contributed by atoms with Crippen molar-refractivity contribution in [2.75, 3.05) is 7.11 Å². The van der Waals surface area contributed by atoms with E-state index in [9.17, 15) is 0 Å². The van der Waals surface area contributed by atoms with E-state index in [0.29, 0.717) is 6.04 Å². The first-order valence-electron chi connectivity index (χ1n) is 8.70. The third kappa shape index (κ3) is 3.79. The standard InChI is InChI=1S/C19H29NO/c1-3-19(15-9-11-18(21-2)12-10-15)20-17-6-4-5-16(13-17)14-7-8-14/h9-12,14,16-17,19-20H,3-8,13H2,1-2H3. The molecule has 2 aliphatic carbocycles. The van der Waals surface area contributed by atoms with E-state index in [1.165, 1.54) is 44.1 Å². The van der Waals surface area contributed by atoms with Gasteiger partial charge in [0.2, 0.25) is 0 Å². The molecule has 1 aromatic rings. The van der Waals surface area contributed by atoms with Gasteiger partial charge >= 0.3 is 0 Å². The normalized spacial score (nSPS) is 27.3. The van der Waals surface area contributed by atoms with Crippen LogP contribution in [-0.4, -0.2) is 13.2 Å². The highest BCUT2D eigenvalue weighted by Gasteiger charge is 2.35. The van der Waals surface area contributed by atoms with Crippen LogP contribution in [0, 0.1) is 11.8 Å². The fraction of sp³-hybridized carbons (Fsp3) is 0.684. The molecule has 21 heavy (non-hydrogen) atoms. The zero-order valence-electron chi connectivity index (χ0n) is 13.5. The van der Waals surface area contributed by atoms with Gasteiger partial charge in [-0.15, -0.1) is 0 Å². The van der Waals surface area contributed by atoms with Gasteiger partial charge in [-0.2, -0.15) is 0 Å². The first-order valence-corrected chi connectivity index (χ1v) is 8.70. The van der Waals surface area contributed by atoms with Crippen LogP contribution in [0.1, 0.15) is 63.5 Å². The molecule has 2 fully saturated rings. The topological polar surface area (TPSA) is 21.3 Å². The molecule has 0 radical (unpaired) electrons. The molecule has 1 aromatic carbocycles. The second kappa shape index (κ2) is 6.83. The largest absolute Gasteiger partial charge is 0.497 e. The summed E-state index contributed by atoms with van der Waals surface area (Å²) in [6, 6.07) is 9.78. The molecule has 0 spiro atoms. The quantitative estimate of drug-likeness (QED) is 0.818. The highest BCUT2D eigenvalue weighted by Crippen LogP contribution is 2.44. The van der Waals surface area contributed by atoms with Crippen molar-refractivity contribution in [2.45, 2.75) is 64.0 Å². The Morgan fingerprint density at radius 2 is 1.86 bits per heavy atom. The molecular formula is C19H29NO. The van der Waals surface area contributed by atoms with Gasteiger partial charge in [0.25, 0.3) is 0 Å². The number of methoxy groups -OCH3 is 1. The van der Waals surface area contributed by atoms with Crippen LogP contribution < -0.4 is 10.1 Å². The molecule has 2 aliphatic rings. The second-order valence-electron chi connectivity index (χ2n) is 6.86. The molecule has 0 saturated heterocycles. The maximum Gasteiger partial charge on any atom is 0.118 e. The summed E-state index contributed by atoms with van der Waals surface area (Å²) >= 11 is 0. The molecule has 2 nitrogen and oxygen atoms in total. The number of ether oxygens (including phenoxy) is 1.